The molecule has 0 bridgehead atoms. The summed E-state index contributed by atoms with van der Waals surface area (Å²) in [4.78, 5) is 2.09. The normalized spacial score (nSPS) is 11.6. The van der Waals surface area contributed by atoms with Crippen LogP contribution >= 0.6 is 0 Å². The minimum atomic E-state index is -0.948. The van der Waals surface area contributed by atoms with E-state index in [4.69, 9.17) is 0 Å². The third kappa shape index (κ3) is 11.5. The van der Waals surface area contributed by atoms with Crippen LogP contribution in [0.25, 0.3) is 0 Å². The molecule has 3 heteroatoms. The van der Waals surface area contributed by atoms with Gasteiger partial charge in [-0.25, -0.2) is 0 Å². The molecule has 0 rings (SSSR count). The SMILES string of the molecule is CCCN(CC#CC(C)(C)O)CC#CC(C)(C)O. The monoisotopic (exact) mass is 251 g/mol. The highest BCUT2D eigenvalue weighted by atomic mass is 16.3. The van der Waals surface area contributed by atoms with Crippen molar-refractivity contribution in [3.63, 3.8) is 0 Å². The van der Waals surface area contributed by atoms with Gasteiger partial charge in [0.15, 0.2) is 0 Å². The Morgan fingerprint density at radius 1 is 0.889 bits per heavy atom. The van der Waals surface area contributed by atoms with Gasteiger partial charge in [-0.05, 0) is 40.7 Å². The van der Waals surface area contributed by atoms with Crippen molar-refractivity contribution in [2.24, 2.45) is 0 Å². The molecule has 0 aromatic heterocycles. The van der Waals surface area contributed by atoms with Gasteiger partial charge < -0.3 is 10.2 Å². The predicted molar refractivity (Wildman–Crippen MR) is 74.9 cm³/mol. The van der Waals surface area contributed by atoms with Crippen molar-refractivity contribution in [3.8, 4) is 23.7 Å². The summed E-state index contributed by atoms with van der Waals surface area (Å²) in [7, 11) is 0. The maximum atomic E-state index is 9.49. The van der Waals surface area contributed by atoms with E-state index >= 15 is 0 Å². The average Bonchev–Trinajstić information content (AvgIpc) is 2.13. The third-order valence-corrected chi connectivity index (χ3v) is 1.93. The summed E-state index contributed by atoms with van der Waals surface area (Å²) in [6.07, 6.45) is 1.02. The molecule has 3 nitrogen and oxygen atoms in total. The summed E-state index contributed by atoms with van der Waals surface area (Å²) < 4.78 is 0. The second kappa shape index (κ2) is 7.44. The van der Waals surface area contributed by atoms with Crippen LogP contribution in [-0.2, 0) is 0 Å². The van der Waals surface area contributed by atoms with Crippen LogP contribution in [0.4, 0.5) is 0 Å². The lowest BCUT2D eigenvalue weighted by atomic mass is 10.1. The van der Waals surface area contributed by atoms with Crippen molar-refractivity contribution in [1.29, 1.82) is 0 Å². The number of aliphatic hydroxyl groups is 2. The Balaban J connectivity index is 4.38. The van der Waals surface area contributed by atoms with Crippen LogP contribution in [0.3, 0.4) is 0 Å². The van der Waals surface area contributed by atoms with Crippen molar-refractivity contribution in [2.75, 3.05) is 19.6 Å². The van der Waals surface area contributed by atoms with Crippen LogP contribution in [0.15, 0.2) is 0 Å². The second-order valence-electron chi connectivity index (χ2n) is 5.43. The van der Waals surface area contributed by atoms with Gasteiger partial charge in [-0.15, -0.1) is 0 Å². The first kappa shape index (κ1) is 17.0. The van der Waals surface area contributed by atoms with E-state index in [9.17, 15) is 10.2 Å². The van der Waals surface area contributed by atoms with E-state index in [2.05, 4.69) is 35.5 Å². The molecule has 0 fully saturated rings. The van der Waals surface area contributed by atoms with Crippen molar-refractivity contribution >= 4 is 0 Å². The molecule has 0 atom stereocenters. The molecule has 0 spiro atoms. The van der Waals surface area contributed by atoms with Gasteiger partial charge in [0.2, 0.25) is 0 Å². The molecule has 0 saturated carbocycles. The van der Waals surface area contributed by atoms with E-state index < -0.39 is 11.2 Å². The smallest absolute Gasteiger partial charge is 0.120 e. The van der Waals surface area contributed by atoms with E-state index in [1.165, 1.54) is 0 Å². The van der Waals surface area contributed by atoms with E-state index in [0.717, 1.165) is 13.0 Å². The van der Waals surface area contributed by atoms with Crippen LogP contribution in [0.5, 0.6) is 0 Å². The molecular formula is C15H25NO2. The van der Waals surface area contributed by atoms with Crippen LogP contribution < -0.4 is 0 Å². The number of hydrogen-bond acceptors (Lipinski definition) is 3. The minimum Gasteiger partial charge on any atom is -0.378 e. The lowest BCUT2D eigenvalue weighted by Gasteiger charge is -2.16. The van der Waals surface area contributed by atoms with Gasteiger partial charge >= 0.3 is 0 Å². The zero-order valence-electron chi connectivity index (χ0n) is 12.2. The van der Waals surface area contributed by atoms with Gasteiger partial charge in [0.25, 0.3) is 0 Å². The molecule has 0 unspecified atom stereocenters. The topological polar surface area (TPSA) is 43.7 Å². The molecule has 2 N–H and O–H groups in total. The lowest BCUT2D eigenvalue weighted by Crippen LogP contribution is -2.26. The third-order valence-electron chi connectivity index (χ3n) is 1.93. The van der Waals surface area contributed by atoms with Crippen molar-refractivity contribution in [2.45, 2.75) is 52.2 Å². The predicted octanol–water partition coefficient (Wildman–Crippen LogP) is 1.25. The Labute approximate surface area is 111 Å². The van der Waals surface area contributed by atoms with Gasteiger partial charge in [0, 0.05) is 0 Å². The minimum absolute atomic E-state index is 0.582. The largest absolute Gasteiger partial charge is 0.378 e. The molecule has 0 aromatic carbocycles. The van der Waals surface area contributed by atoms with Crippen LogP contribution in [0, 0.1) is 23.7 Å². The summed E-state index contributed by atoms with van der Waals surface area (Å²) in [5.74, 6) is 11.5. The molecule has 0 saturated heterocycles. The van der Waals surface area contributed by atoms with Crippen LogP contribution in [0.2, 0.25) is 0 Å². The fourth-order valence-corrected chi connectivity index (χ4v) is 1.27. The maximum Gasteiger partial charge on any atom is 0.120 e. The first-order valence-corrected chi connectivity index (χ1v) is 6.31. The van der Waals surface area contributed by atoms with Crippen molar-refractivity contribution in [3.05, 3.63) is 0 Å². The van der Waals surface area contributed by atoms with Gasteiger partial charge in [-0.1, -0.05) is 30.6 Å². The van der Waals surface area contributed by atoms with Crippen molar-refractivity contribution in [1.82, 2.24) is 4.90 Å². The molecule has 102 valence electrons. The summed E-state index contributed by atoms with van der Waals surface area (Å²) >= 11 is 0. The quantitative estimate of drug-likeness (QED) is 0.739. The Hall–Kier alpha value is -1.00. The molecule has 0 heterocycles. The van der Waals surface area contributed by atoms with Crippen molar-refractivity contribution < 1.29 is 10.2 Å². The summed E-state index contributed by atoms with van der Waals surface area (Å²) in [5, 5.41) is 19.0. The van der Waals surface area contributed by atoms with Crippen LogP contribution in [-0.4, -0.2) is 45.9 Å². The number of hydrogen-bond donors (Lipinski definition) is 2. The zero-order valence-corrected chi connectivity index (χ0v) is 12.2. The summed E-state index contributed by atoms with van der Waals surface area (Å²) in [6, 6.07) is 0. The Bertz CT molecular complexity index is 318. The summed E-state index contributed by atoms with van der Waals surface area (Å²) in [5.41, 5.74) is -1.90. The molecule has 0 aliphatic carbocycles. The Morgan fingerprint density at radius 3 is 1.56 bits per heavy atom. The molecule has 18 heavy (non-hydrogen) atoms. The highest BCUT2D eigenvalue weighted by molar-refractivity contribution is 5.14. The molecule has 0 aromatic rings. The van der Waals surface area contributed by atoms with Gasteiger partial charge in [-0.3, -0.25) is 4.90 Å². The van der Waals surface area contributed by atoms with Gasteiger partial charge in [0.05, 0.1) is 13.1 Å². The number of rotatable bonds is 4. The molecule has 0 aliphatic rings. The van der Waals surface area contributed by atoms with E-state index in [0.29, 0.717) is 13.1 Å². The maximum absolute atomic E-state index is 9.49. The zero-order chi connectivity index (χ0) is 14.2. The van der Waals surface area contributed by atoms with E-state index in [1.807, 2.05) is 0 Å². The lowest BCUT2D eigenvalue weighted by molar-refractivity contribution is 0.143. The average molecular weight is 251 g/mol. The Morgan fingerprint density at radius 2 is 1.28 bits per heavy atom. The van der Waals surface area contributed by atoms with Crippen LogP contribution in [0.1, 0.15) is 41.0 Å². The first-order chi connectivity index (χ1) is 8.14. The highest BCUT2D eigenvalue weighted by Gasteiger charge is 2.07. The first-order valence-electron chi connectivity index (χ1n) is 6.31. The Kier molecular flexibility index (Phi) is 7.02. The highest BCUT2D eigenvalue weighted by Crippen LogP contribution is 1.98. The molecule has 0 amide bonds. The molecular weight excluding hydrogens is 226 g/mol. The fraction of sp³-hybridized carbons (Fsp3) is 0.733. The summed E-state index contributed by atoms with van der Waals surface area (Å²) in [6.45, 7) is 10.8. The van der Waals surface area contributed by atoms with E-state index in [-0.39, 0.29) is 0 Å². The number of nitrogens with zero attached hydrogens (tertiary/aromatic N) is 1. The fourth-order valence-electron chi connectivity index (χ4n) is 1.27. The molecule has 0 aliphatic heterocycles. The van der Waals surface area contributed by atoms with E-state index in [1.54, 1.807) is 27.7 Å². The van der Waals surface area contributed by atoms with Gasteiger partial charge in [0.1, 0.15) is 11.2 Å². The second-order valence-corrected chi connectivity index (χ2v) is 5.43. The molecule has 0 radical (unpaired) electrons. The van der Waals surface area contributed by atoms with Gasteiger partial charge in [-0.2, -0.15) is 0 Å². The standard InChI is InChI=1S/C15H25NO2/c1-6-11-16(12-7-9-14(2,3)17)13-8-10-15(4,5)18/h17-18H,6,11-13H2,1-5H3.